The summed E-state index contributed by atoms with van der Waals surface area (Å²) in [6.45, 7) is 0. The van der Waals surface area contributed by atoms with Gasteiger partial charge in [-0.25, -0.2) is 4.98 Å². The molecule has 3 rings (SSSR count). The molecule has 1 heterocycles. The van der Waals surface area contributed by atoms with Crippen LogP contribution in [0.5, 0.6) is 0 Å². The predicted molar refractivity (Wildman–Crippen MR) is 63.9 cm³/mol. The van der Waals surface area contributed by atoms with Crippen LogP contribution in [0.25, 0.3) is 20.8 Å². The number of hydrogen-bond donors (Lipinski definition) is 0. The molecule has 15 heavy (non-hydrogen) atoms. The zero-order chi connectivity index (χ0) is 10.1. The molecular weight excluding hydrogens is 202 g/mol. The number of aromatic nitrogens is 1. The first kappa shape index (κ1) is 8.62. The minimum absolute atomic E-state index is 1.04. The van der Waals surface area contributed by atoms with Crippen LogP contribution in [-0.2, 0) is 0 Å². The van der Waals surface area contributed by atoms with E-state index in [2.05, 4.69) is 17.1 Å². The van der Waals surface area contributed by atoms with Crippen molar-refractivity contribution in [3.05, 3.63) is 54.6 Å². The van der Waals surface area contributed by atoms with Crippen molar-refractivity contribution in [1.29, 1.82) is 0 Å². The molecule has 2 heteroatoms. The lowest BCUT2D eigenvalue weighted by molar-refractivity contribution is 1.47. The fourth-order valence-corrected chi connectivity index (χ4v) is 2.47. The van der Waals surface area contributed by atoms with E-state index >= 15 is 0 Å². The number of rotatable bonds is 1. The zero-order valence-corrected chi connectivity index (χ0v) is 8.79. The molecule has 1 radical (unpaired) electrons. The van der Waals surface area contributed by atoms with Crippen molar-refractivity contribution in [2.24, 2.45) is 0 Å². The highest BCUT2D eigenvalue weighted by Crippen LogP contribution is 2.29. The lowest BCUT2D eigenvalue weighted by atomic mass is 10.2. The number of fused-ring (bicyclic) bond motifs is 1. The van der Waals surface area contributed by atoms with Gasteiger partial charge in [-0.15, -0.1) is 11.3 Å². The van der Waals surface area contributed by atoms with Gasteiger partial charge >= 0.3 is 0 Å². The molecular formula is C13H8NS. The van der Waals surface area contributed by atoms with Gasteiger partial charge < -0.3 is 0 Å². The van der Waals surface area contributed by atoms with Crippen LogP contribution < -0.4 is 0 Å². The molecule has 0 spiro atoms. The Balaban J connectivity index is 2.21. The van der Waals surface area contributed by atoms with Crippen molar-refractivity contribution in [2.75, 3.05) is 0 Å². The molecule has 0 unspecified atom stereocenters. The summed E-state index contributed by atoms with van der Waals surface area (Å²) in [7, 11) is 0. The summed E-state index contributed by atoms with van der Waals surface area (Å²) in [5.74, 6) is 0. The third-order valence-corrected chi connectivity index (χ3v) is 3.30. The third-order valence-electron chi connectivity index (χ3n) is 2.23. The summed E-state index contributed by atoms with van der Waals surface area (Å²) < 4.78 is 1.23. The van der Waals surface area contributed by atoms with Crippen LogP contribution in [0.3, 0.4) is 0 Å². The first-order valence-corrected chi connectivity index (χ1v) is 5.58. The highest BCUT2D eigenvalue weighted by Gasteiger charge is 2.04. The van der Waals surface area contributed by atoms with Crippen LogP contribution in [0.2, 0.25) is 0 Å². The smallest absolute Gasteiger partial charge is 0.125 e. The van der Waals surface area contributed by atoms with Crippen LogP contribution in [0, 0.1) is 6.07 Å². The van der Waals surface area contributed by atoms with Crippen molar-refractivity contribution in [2.45, 2.75) is 0 Å². The Morgan fingerprint density at radius 2 is 1.87 bits per heavy atom. The molecule has 0 amide bonds. The molecule has 0 saturated carbocycles. The minimum atomic E-state index is 1.04. The summed E-state index contributed by atoms with van der Waals surface area (Å²) in [6.07, 6.45) is 0. The Labute approximate surface area is 92.0 Å². The molecule has 0 fully saturated rings. The van der Waals surface area contributed by atoms with Crippen LogP contribution in [0.1, 0.15) is 0 Å². The number of nitrogens with zero attached hydrogens (tertiary/aromatic N) is 1. The van der Waals surface area contributed by atoms with E-state index in [0.717, 1.165) is 16.1 Å². The van der Waals surface area contributed by atoms with Crippen LogP contribution in [0.15, 0.2) is 48.5 Å². The second-order valence-corrected chi connectivity index (χ2v) is 4.29. The summed E-state index contributed by atoms with van der Waals surface area (Å²) in [6, 6.07) is 19.3. The van der Waals surface area contributed by atoms with Gasteiger partial charge in [-0.05, 0) is 18.2 Å². The lowest BCUT2D eigenvalue weighted by Crippen LogP contribution is -1.73. The van der Waals surface area contributed by atoms with Crippen molar-refractivity contribution < 1.29 is 0 Å². The molecule has 0 atom stereocenters. The van der Waals surface area contributed by atoms with Crippen molar-refractivity contribution in [3.63, 3.8) is 0 Å². The van der Waals surface area contributed by atoms with E-state index in [-0.39, 0.29) is 0 Å². The van der Waals surface area contributed by atoms with E-state index in [4.69, 9.17) is 0 Å². The Kier molecular flexibility index (Phi) is 2.00. The van der Waals surface area contributed by atoms with Crippen molar-refractivity contribution in [3.8, 4) is 10.6 Å². The third kappa shape index (κ3) is 1.53. The van der Waals surface area contributed by atoms with E-state index in [9.17, 15) is 0 Å². The number of hydrogen-bond acceptors (Lipinski definition) is 2. The van der Waals surface area contributed by atoms with E-state index in [1.807, 2.05) is 42.5 Å². The molecule has 1 nitrogen and oxygen atoms in total. The summed E-state index contributed by atoms with van der Waals surface area (Å²) in [5, 5.41) is 1.04. The molecule has 0 bridgehead atoms. The van der Waals surface area contributed by atoms with Crippen LogP contribution in [-0.4, -0.2) is 4.98 Å². The maximum absolute atomic E-state index is 4.57. The normalized spacial score (nSPS) is 10.7. The highest BCUT2D eigenvalue weighted by molar-refractivity contribution is 7.21. The molecule has 3 aromatic rings. The van der Waals surface area contributed by atoms with Crippen LogP contribution in [0.4, 0.5) is 0 Å². The lowest BCUT2D eigenvalue weighted by Gasteiger charge is -1.91. The predicted octanol–water partition coefficient (Wildman–Crippen LogP) is 3.76. The average molecular weight is 210 g/mol. The Bertz CT molecular complexity index is 551. The largest absolute Gasteiger partial charge is 0.236 e. The van der Waals surface area contributed by atoms with E-state index in [0.29, 0.717) is 0 Å². The van der Waals surface area contributed by atoms with Gasteiger partial charge in [-0.1, -0.05) is 36.4 Å². The van der Waals surface area contributed by atoms with E-state index in [1.54, 1.807) is 11.3 Å². The fourth-order valence-electron chi connectivity index (χ4n) is 1.51. The fraction of sp³-hybridized carbons (Fsp3) is 0. The maximum Gasteiger partial charge on any atom is 0.125 e. The van der Waals surface area contributed by atoms with Gasteiger partial charge in [0.05, 0.1) is 10.2 Å². The van der Waals surface area contributed by atoms with Gasteiger partial charge in [0.25, 0.3) is 0 Å². The van der Waals surface area contributed by atoms with Gasteiger partial charge in [0.2, 0.25) is 0 Å². The summed E-state index contributed by atoms with van der Waals surface area (Å²) in [4.78, 5) is 4.57. The summed E-state index contributed by atoms with van der Waals surface area (Å²) in [5.41, 5.74) is 2.13. The second kappa shape index (κ2) is 3.48. The highest BCUT2D eigenvalue weighted by atomic mass is 32.1. The van der Waals surface area contributed by atoms with E-state index < -0.39 is 0 Å². The van der Waals surface area contributed by atoms with Gasteiger partial charge in [0.1, 0.15) is 5.01 Å². The summed E-state index contributed by atoms with van der Waals surface area (Å²) >= 11 is 1.71. The first-order chi connectivity index (χ1) is 7.43. The number of benzene rings is 2. The maximum atomic E-state index is 4.57. The molecule has 0 aliphatic rings. The zero-order valence-electron chi connectivity index (χ0n) is 7.97. The van der Waals surface area contributed by atoms with E-state index in [1.165, 1.54) is 4.70 Å². The SMILES string of the molecule is [c]1ccccc1-c1nc2ccccc2s1. The Hall–Kier alpha value is -1.67. The molecule has 0 aliphatic heterocycles. The quantitative estimate of drug-likeness (QED) is 0.596. The van der Waals surface area contributed by atoms with Gasteiger partial charge in [0, 0.05) is 5.56 Å². The Morgan fingerprint density at radius 1 is 1.00 bits per heavy atom. The van der Waals surface area contributed by atoms with Crippen molar-refractivity contribution in [1.82, 2.24) is 4.98 Å². The van der Waals surface area contributed by atoms with Crippen LogP contribution >= 0.6 is 11.3 Å². The van der Waals surface area contributed by atoms with Gasteiger partial charge in [0.15, 0.2) is 0 Å². The molecule has 0 aliphatic carbocycles. The topological polar surface area (TPSA) is 12.9 Å². The Morgan fingerprint density at radius 3 is 2.67 bits per heavy atom. The number of thiazole rings is 1. The standard InChI is InChI=1S/C13H8NS/c1-2-6-10(7-3-1)13-14-11-8-4-5-9-12(11)15-13/h1-6,8-9H. The monoisotopic (exact) mass is 210 g/mol. The van der Waals surface area contributed by atoms with Crippen molar-refractivity contribution >= 4 is 21.6 Å². The molecule has 0 N–H and O–H groups in total. The molecule has 71 valence electrons. The number of para-hydroxylation sites is 1. The molecule has 0 saturated heterocycles. The molecule has 2 aromatic carbocycles. The van der Waals surface area contributed by atoms with Gasteiger partial charge in [-0.2, -0.15) is 0 Å². The first-order valence-electron chi connectivity index (χ1n) is 4.76. The average Bonchev–Trinajstić information content (AvgIpc) is 2.74. The minimum Gasteiger partial charge on any atom is -0.236 e. The second-order valence-electron chi connectivity index (χ2n) is 3.26. The van der Waals surface area contributed by atoms with Gasteiger partial charge in [-0.3, -0.25) is 0 Å². The molecule has 1 aromatic heterocycles.